The van der Waals surface area contributed by atoms with Crippen molar-refractivity contribution in [3.8, 4) is 17.9 Å². The molecular formula is C17H10Cl2N2O. The lowest BCUT2D eigenvalue weighted by molar-refractivity contribution is 0.306. The van der Waals surface area contributed by atoms with Crippen LogP contribution in [0.4, 0.5) is 0 Å². The molecule has 0 fully saturated rings. The molecule has 0 radical (unpaired) electrons. The van der Waals surface area contributed by atoms with E-state index in [1.165, 1.54) is 6.08 Å². The molecule has 0 aliphatic rings. The summed E-state index contributed by atoms with van der Waals surface area (Å²) in [5, 5.41) is 18.6. The minimum absolute atomic E-state index is 0.0397. The number of halogens is 2. The highest BCUT2D eigenvalue weighted by Gasteiger charge is 2.03. The van der Waals surface area contributed by atoms with Crippen LogP contribution in [-0.2, 0) is 6.61 Å². The quantitative estimate of drug-likeness (QED) is 0.742. The Bertz CT molecular complexity index is 785. The number of nitrogens with zero attached hydrogens (tertiary/aromatic N) is 2. The first-order chi connectivity index (χ1) is 10.6. The lowest BCUT2D eigenvalue weighted by atomic mass is 10.1. The van der Waals surface area contributed by atoms with Gasteiger partial charge in [0, 0.05) is 15.6 Å². The van der Waals surface area contributed by atoms with E-state index in [-0.39, 0.29) is 5.57 Å². The summed E-state index contributed by atoms with van der Waals surface area (Å²) in [4.78, 5) is 0. The first kappa shape index (κ1) is 15.9. The van der Waals surface area contributed by atoms with Gasteiger partial charge in [0.2, 0.25) is 0 Å². The van der Waals surface area contributed by atoms with Crippen LogP contribution in [0.25, 0.3) is 6.08 Å². The maximum Gasteiger partial charge on any atom is 0.130 e. The number of hydrogen-bond donors (Lipinski definition) is 0. The molecule has 0 aromatic heterocycles. The zero-order valence-electron chi connectivity index (χ0n) is 11.4. The predicted molar refractivity (Wildman–Crippen MR) is 86.4 cm³/mol. The van der Waals surface area contributed by atoms with Gasteiger partial charge in [0.15, 0.2) is 0 Å². The molecule has 0 heterocycles. The Balaban J connectivity index is 2.13. The molecule has 5 heteroatoms. The minimum atomic E-state index is 0.0397. The van der Waals surface area contributed by atoms with E-state index in [2.05, 4.69) is 0 Å². The van der Waals surface area contributed by atoms with E-state index in [0.717, 1.165) is 11.1 Å². The normalized spacial score (nSPS) is 9.45. The van der Waals surface area contributed by atoms with Gasteiger partial charge in [-0.05, 0) is 35.9 Å². The molecule has 0 N–H and O–H groups in total. The fraction of sp³-hybridized carbons (Fsp3) is 0.0588. The molecule has 0 atom stereocenters. The summed E-state index contributed by atoms with van der Waals surface area (Å²) in [6.07, 6.45) is 1.50. The molecule has 0 saturated carbocycles. The highest BCUT2D eigenvalue weighted by atomic mass is 35.5. The van der Waals surface area contributed by atoms with Crippen molar-refractivity contribution < 1.29 is 4.74 Å². The smallest absolute Gasteiger partial charge is 0.130 e. The highest BCUT2D eigenvalue weighted by Crippen LogP contribution is 2.23. The zero-order chi connectivity index (χ0) is 15.9. The molecule has 0 aliphatic carbocycles. The number of benzene rings is 2. The summed E-state index contributed by atoms with van der Waals surface area (Å²) in [5.74, 6) is 0.620. The van der Waals surface area contributed by atoms with Crippen LogP contribution in [0.15, 0.2) is 48.0 Å². The molecule has 0 spiro atoms. The van der Waals surface area contributed by atoms with E-state index < -0.39 is 0 Å². The second-order valence-corrected chi connectivity index (χ2v) is 5.22. The van der Waals surface area contributed by atoms with Gasteiger partial charge in [0.1, 0.15) is 30.1 Å². The minimum Gasteiger partial charge on any atom is -0.489 e. The van der Waals surface area contributed by atoms with Gasteiger partial charge in [-0.15, -0.1) is 0 Å². The Hall–Kier alpha value is -2.46. The second-order valence-electron chi connectivity index (χ2n) is 4.38. The van der Waals surface area contributed by atoms with Crippen molar-refractivity contribution in [2.75, 3.05) is 0 Å². The zero-order valence-corrected chi connectivity index (χ0v) is 12.9. The van der Waals surface area contributed by atoms with Crippen LogP contribution in [0.3, 0.4) is 0 Å². The molecular weight excluding hydrogens is 319 g/mol. The first-order valence-electron chi connectivity index (χ1n) is 6.31. The number of allylic oxidation sites excluding steroid dienone is 1. The standard InChI is InChI=1S/C17H10Cl2N2O/c18-15-5-4-14(17(19)8-15)11-22-16-3-1-2-12(7-16)6-13(9-20)10-21/h1-8H,11H2. The molecule has 0 bridgehead atoms. The molecule has 2 aromatic carbocycles. The van der Waals surface area contributed by atoms with Crippen molar-refractivity contribution in [2.45, 2.75) is 6.61 Å². The third-order valence-corrected chi connectivity index (χ3v) is 3.41. The topological polar surface area (TPSA) is 56.8 Å². The maximum absolute atomic E-state index is 8.76. The summed E-state index contributed by atoms with van der Waals surface area (Å²) in [7, 11) is 0. The molecule has 108 valence electrons. The van der Waals surface area contributed by atoms with Gasteiger partial charge in [0.05, 0.1) is 0 Å². The van der Waals surface area contributed by atoms with Crippen LogP contribution in [0.1, 0.15) is 11.1 Å². The van der Waals surface area contributed by atoms with E-state index in [1.54, 1.807) is 42.5 Å². The van der Waals surface area contributed by atoms with E-state index >= 15 is 0 Å². The van der Waals surface area contributed by atoms with Crippen LogP contribution in [0, 0.1) is 22.7 Å². The van der Waals surface area contributed by atoms with Crippen LogP contribution in [0.2, 0.25) is 10.0 Å². The molecule has 22 heavy (non-hydrogen) atoms. The molecule has 0 saturated heterocycles. The van der Waals surface area contributed by atoms with E-state index in [4.69, 9.17) is 38.5 Å². The summed E-state index contributed by atoms with van der Waals surface area (Å²) < 4.78 is 5.68. The fourth-order valence-electron chi connectivity index (χ4n) is 1.75. The Kier molecular flexibility index (Phi) is 5.44. The van der Waals surface area contributed by atoms with Crippen molar-refractivity contribution in [3.63, 3.8) is 0 Å². The average Bonchev–Trinajstić information content (AvgIpc) is 2.52. The molecule has 0 aliphatic heterocycles. The number of hydrogen-bond acceptors (Lipinski definition) is 3. The Labute approximate surface area is 138 Å². The van der Waals surface area contributed by atoms with Gasteiger partial charge in [-0.25, -0.2) is 0 Å². The summed E-state index contributed by atoms with van der Waals surface area (Å²) in [6.45, 7) is 0.298. The SMILES string of the molecule is N#CC(C#N)=Cc1cccc(OCc2ccc(Cl)cc2Cl)c1. The largest absolute Gasteiger partial charge is 0.489 e. The second kappa shape index (κ2) is 7.52. The first-order valence-corrected chi connectivity index (χ1v) is 7.06. The molecule has 0 amide bonds. The summed E-state index contributed by atoms with van der Waals surface area (Å²) in [6, 6.07) is 16.0. The summed E-state index contributed by atoms with van der Waals surface area (Å²) >= 11 is 11.9. The van der Waals surface area contributed by atoms with Gasteiger partial charge in [-0.2, -0.15) is 10.5 Å². The van der Waals surface area contributed by atoms with Crippen molar-refractivity contribution in [2.24, 2.45) is 0 Å². The average molecular weight is 329 g/mol. The van der Waals surface area contributed by atoms with Crippen molar-refractivity contribution >= 4 is 29.3 Å². The van der Waals surface area contributed by atoms with Gasteiger partial charge in [-0.1, -0.05) is 41.4 Å². The maximum atomic E-state index is 8.76. The monoisotopic (exact) mass is 328 g/mol. The third kappa shape index (κ3) is 4.27. The number of rotatable bonds is 4. The highest BCUT2D eigenvalue weighted by molar-refractivity contribution is 6.35. The molecule has 0 unspecified atom stereocenters. The van der Waals surface area contributed by atoms with Crippen LogP contribution >= 0.6 is 23.2 Å². The predicted octanol–water partition coefficient (Wildman–Crippen LogP) is 5.00. The Morgan fingerprint density at radius 1 is 1.09 bits per heavy atom. The van der Waals surface area contributed by atoms with Gasteiger partial charge in [0.25, 0.3) is 0 Å². The van der Waals surface area contributed by atoms with Crippen LogP contribution in [-0.4, -0.2) is 0 Å². The van der Waals surface area contributed by atoms with Gasteiger partial charge < -0.3 is 4.74 Å². The third-order valence-electron chi connectivity index (χ3n) is 2.82. The molecule has 2 rings (SSSR count). The Morgan fingerprint density at radius 2 is 1.86 bits per heavy atom. The van der Waals surface area contributed by atoms with Crippen molar-refractivity contribution in [1.29, 1.82) is 10.5 Å². The van der Waals surface area contributed by atoms with Gasteiger partial charge >= 0.3 is 0 Å². The Morgan fingerprint density at radius 3 is 2.55 bits per heavy atom. The van der Waals surface area contributed by atoms with Crippen molar-refractivity contribution in [3.05, 3.63) is 69.2 Å². The van der Waals surface area contributed by atoms with E-state index in [0.29, 0.717) is 22.4 Å². The van der Waals surface area contributed by atoms with Crippen molar-refractivity contribution in [1.82, 2.24) is 0 Å². The van der Waals surface area contributed by atoms with Gasteiger partial charge in [-0.3, -0.25) is 0 Å². The lowest BCUT2D eigenvalue weighted by Gasteiger charge is -2.08. The molecule has 3 nitrogen and oxygen atoms in total. The van der Waals surface area contributed by atoms with Crippen LogP contribution in [0.5, 0.6) is 5.75 Å². The summed E-state index contributed by atoms with van der Waals surface area (Å²) in [5.41, 5.74) is 1.58. The fourth-order valence-corrected chi connectivity index (χ4v) is 2.21. The van der Waals surface area contributed by atoms with E-state index in [9.17, 15) is 0 Å². The number of ether oxygens (including phenoxy) is 1. The number of nitriles is 2. The molecule has 2 aromatic rings. The van der Waals surface area contributed by atoms with E-state index in [1.807, 2.05) is 12.1 Å². The van der Waals surface area contributed by atoms with Crippen LogP contribution < -0.4 is 4.74 Å². The lowest BCUT2D eigenvalue weighted by Crippen LogP contribution is -1.96.